The molecule has 0 saturated carbocycles. The van der Waals surface area contributed by atoms with Crippen LogP contribution in [0.15, 0.2) is 42.1 Å². The lowest BCUT2D eigenvalue weighted by Gasteiger charge is -2.03. The molecule has 3 heterocycles. The van der Waals surface area contributed by atoms with Crippen LogP contribution in [0, 0.1) is 0 Å². The second-order valence-electron chi connectivity index (χ2n) is 4.09. The van der Waals surface area contributed by atoms with Crippen LogP contribution in [0.3, 0.4) is 0 Å². The third-order valence-corrected chi connectivity index (χ3v) is 2.89. The summed E-state index contributed by atoms with van der Waals surface area (Å²) in [7, 11) is 1.46. The summed E-state index contributed by atoms with van der Waals surface area (Å²) < 4.78 is 7.08. The van der Waals surface area contributed by atoms with Crippen molar-refractivity contribution in [1.29, 1.82) is 0 Å². The van der Waals surface area contributed by atoms with E-state index in [9.17, 15) is 19.2 Å². The maximum atomic E-state index is 11.9. The molecule has 3 aromatic rings. The van der Waals surface area contributed by atoms with E-state index in [1.807, 2.05) is 4.98 Å². The van der Waals surface area contributed by atoms with Crippen molar-refractivity contribution in [2.45, 2.75) is 0 Å². The summed E-state index contributed by atoms with van der Waals surface area (Å²) in [6.45, 7) is 0. The Morgan fingerprint density at radius 1 is 1.20 bits per heavy atom. The third kappa shape index (κ3) is 1.56. The lowest BCUT2D eigenvalue weighted by Crippen LogP contribution is -2.31. The highest BCUT2D eigenvalue weighted by Crippen LogP contribution is 2.14. The van der Waals surface area contributed by atoms with Crippen molar-refractivity contribution in [1.82, 2.24) is 19.1 Å². The van der Waals surface area contributed by atoms with E-state index in [0.29, 0.717) is 5.52 Å². The summed E-state index contributed by atoms with van der Waals surface area (Å²) in [4.78, 5) is 50.7. The fraction of sp³-hybridized carbons (Fsp3) is 0.0909. The molecule has 3 aromatic heterocycles. The van der Waals surface area contributed by atoms with Crippen molar-refractivity contribution in [3.05, 3.63) is 60.2 Å². The van der Waals surface area contributed by atoms with E-state index >= 15 is 0 Å². The Kier molecular flexibility index (Phi) is 2.36. The largest absolute Gasteiger partial charge is 0.419 e. The topological polar surface area (TPSA) is 123 Å². The number of nitrogens with one attached hydrogen (secondary N) is 2. The first kappa shape index (κ1) is 12.0. The fourth-order valence-electron chi connectivity index (χ4n) is 1.91. The Morgan fingerprint density at radius 3 is 2.65 bits per heavy atom. The molecule has 0 atom stereocenters. The van der Waals surface area contributed by atoms with Crippen LogP contribution in [0.4, 0.5) is 0 Å². The quantitative estimate of drug-likeness (QED) is 0.569. The highest BCUT2D eigenvalue weighted by atomic mass is 16.4. The molecule has 20 heavy (non-hydrogen) atoms. The maximum Gasteiger partial charge on any atom is 0.419 e. The molecule has 0 aliphatic carbocycles. The summed E-state index contributed by atoms with van der Waals surface area (Å²) in [5.41, 5.74) is -1.90. The van der Waals surface area contributed by atoms with Crippen molar-refractivity contribution >= 4 is 11.1 Å². The van der Waals surface area contributed by atoms with Gasteiger partial charge in [0.25, 0.3) is 11.1 Å². The second kappa shape index (κ2) is 3.95. The van der Waals surface area contributed by atoms with E-state index in [4.69, 9.17) is 4.42 Å². The molecule has 0 amide bonds. The van der Waals surface area contributed by atoms with Crippen LogP contribution in [-0.4, -0.2) is 19.1 Å². The van der Waals surface area contributed by atoms with E-state index in [-0.39, 0.29) is 11.3 Å². The monoisotopic (exact) mass is 276 g/mol. The number of hydrogen-bond acceptors (Lipinski definition) is 5. The van der Waals surface area contributed by atoms with Crippen LogP contribution in [0.25, 0.3) is 16.8 Å². The van der Waals surface area contributed by atoms with E-state index in [1.165, 1.54) is 17.8 Å². The van der Waals surface area contributed by atoms with Gasteiger partial charge in [-0.15, -0.1) is 0 Å². The standard InChI is InChI=1S/C11H8N4O5/c1-14-5-4-12-9(17)7(8(5)20-11(14)19)15-3-2-6(16)13-10(15)18/h2-4H,1H3,(H,12,17)(H,13,16,18). The van der Waals surface area contributed by atoms with Crippen LogP contribution >= 0.6 is 0 Å². The average Bonchev–Trinajstić information content (AvgIpc) is 2.67. The van der Waals surface area contributed by atoms with Crippen LogP contribution in [0.5, 0.6) is 0 Å². The Bertz CT molecular complexity index is 1050. The molecule has 0 aliphatic rings. The molecule has 3 rings (SSSR count). The minimum Gasteiger partial charge on any atom is -0.405 e. The molecule has 2 N–H and O–H groups in total. The van der Waals surface area contributed by atoms with Gasteiger partial charge in [0.15, 0.2) is 11.3 Å². The normalized spacial score (nSPS) is 11.1. The van der Waals surface area contributed by atoms with Crippen molar-refractivity contribution in [2.24, 2.45) is 7.05 Å². The zero-order valence-electron chi connectivity index (χ0n) is 10.2. The van der Waals surface area contributed by atoms with E-state index < -0.39 is 22.6 Å². The molecule has 0 spiro atoms. The van der Waals surface area contributed by atoms with Crippen molar-refractivity contribution in [3.8, 4) is 5.69 Å². The predicted octanol–water partition coefficient (Wildman–Crippen LogP) is -1.34. The van der Waals surface area contributed by atoms with Gasteiger partial charge in [0.2, 0.25) is 0 Å². The van der Waals surface area contributed by atoms with Gasteiger partial charge in [-0.25, -0.2) is 9.59 Å². The van der Waals surface area contributed by atoms with Gasteiger partial charge in [-0.3, -0.25) is 23.7 Å². The van der Waals surface area contributed by atoms with Gasteiger partial charge in [-0.05, 0) is 0 Å². The SMILES string of the molecule is Cn1c(=O)oc2c(-n3ccc(=O)[nH]c3=O)c(=O)[nH]cc21. The third-order valence-electron chi connectivity index (χ3n) is 2.89. The average molecular weight is 276 g/mol. The van der Waals surface area contributed by atoms with E-state index in [2.05, 4.69) is 4.98 Å². The number of rotatable bonds is 1. The van der Waals surface area contributed by atoms with E-state index in [0.717, 1.165) is 16.8 Å². The summed E-state index contributed by atoms with van der Waals surface area (Å²) in [5, 5.41) is 0. The van der Waals surface area contributed by atoms with Gasteiger partial charge in [-0.2, -0.15) is 0 Å². The Hall–Kier alpha value is -3.10. The number of aromatic amines is 2. The fourth-order valence-corrected chi connectivity index (χ4v) is 1.91. The lowest BCUT2D eigenvalue weighted by atomic mass is 10.3. The highest BCUT2D eigenvalue weighted by molar-refractivity contribution is 5.80. The van der Waals surface area contributed by atoms with Crippen molar-refractivity contribution < 1.29 is 4.42 Å². The minimum atomic E-state index is -0.804. The number of nitrogens with zero attached hydrogens (tertiary/aromatic N) is 2. The second-order valence-corrected chi connectivity index (χ2v) is 4.09. The maximum absolute atomic E-state index is 11.9. The van der Waals surface area contributed by atoms with Crippen LogP contribution in [-0.2, 0) is 7.05 Å². The summed E-state index contributed by atoms with van der Waals surface area (Å²) >= 11 is 0. The molecular weight excluding hydrogens is 268 g/mol. The first-order chi connectivity index (χ1) is 9.49. The zero-order valence-corrected chi connectivity index (χ0v) is 10.2. The smallest absolute Gasteiger partial charge is 0.405 e. The summed E-state index contributed by atoms with van der Waals surface area (Å²) in [6, 6.07) is 1.08. The van der Waals surface area contributed by atoms with Gasteiger partial charge < -0.3 is 9.40 Å². The molecule has 9 nitrogen and oxygen atoms in total. The predicted molar refractivity (Wildman–Crippen MR) is 68.3 cm³/mol. The molecule has 102 valence electrons. The summed E-state index contributed by atoms with van der Waals surface area (Å²) in [6.07, 6.45) is 2.45. The van der Waals surface area contributed by atoms with Crippen molar-refractivity contribution in [3.63, 3.8) is 0 Å². The molecule has 0 aliphatic heterocycles. The minimum absolute atomic E-state index is 0.0320. The van der Waals surface area contributed by atoms with Gasteiger partial charge >= 0.3 is 11.4 Å². The molecular formula is C11H8N4O5. The molecule has 9 heteroatoms. The van der Waals surface area contributed by atoms with Gasteiger partial charge in [0, 0.05) is 25.5 Å². The number of hydrogen-bond donors (Lipinski definition) is 2. The molecule has 0 saturated heterocycles. The highest BCUT2D eigenvalue weighted by Gasteiger charge is 2.16. The number of oxazole rings is 1. The van der Waals surface area contributed by atoms with Crippen molar-refractivity contribution in [2.75, 3.05) is 0 Å². The zero-order chi connectivity index (χ0) is 14.4. The Morgan fingerprint density at radius 2 is 1.95 bits per heavy atom. The molecule has 0 bridgehead atoms. The number of aromatic nitrogens is 4. The first-order valence-corrected chi connectivity index (χ1v) is 5.52. The number of H-pyrrole nitrogens is 2. The van der Waals surface area contributed by atoms with Gasteiger partial charge in [0.05, 0.1) is 0 Å². The number of aryl methyl sites for hydroxylation is 1. The van der Waals surface area contributed by atoms with Gasteiger partial charge in [-0.1, -0.05) is 0 Å². The number of fused-ring (bicyclic) bond motifs is 1. The Balaban J connectivity index is 2.53. The lowest BCUT2D eigenvalue weighted by molar-refractivity contribution is 0.526. The number of pyridine rings is 1. The Labute approximate surface area is 108 Å². The molecule has 0 unspecified atom stereocenters. The van der Waals surface area contributed by atoms with Crippen LogP contribution in [0.1, 0.15) is 0 Å². The first-order valence-electron chi connectivity index (χ1n) is 5.52. The summed E-state index contributed by atoms with van der Waals surface area (Å²) in [5.74, 6) is -0.669. The van der Waals surface area contributed by atoms with E-state index in [1.54, 1.807) is 0 Å². The van der Waals surface area contributed by atoms with Crippen LogP contribution < -0.4 is 22.6 Å². The van der Waals surface area contributed by atoms with Gasteiger partial charge in [0.1, 0.15) is 5.52 Å². The van der Waals surface area contributed by atoms with Crippen LogP contribution in [0.2, 0.25) is 0 Å². The molecule has 0 fully saturated rings. The molecule has 0 aromatic carbocycles. The molecule has 0 radical (unpaired) electrons.